The lowest BCUT2D eigenvalue weighted by Gasteiger charge is -2.29. The van der Waals surface area contributed by atoms with E-state index in [0.717, 1.165) is 18.2 Å². The second kappa shape index (κ2) is 7.26. The summed E-state index contributed by atoms with van der Waals surface area (Å²) in [5.41, 5.74) is -0.216. The fourth-order valence-electron chi connectivity index (χ4n) is 3.31. The topological polar surface area (TPSA) is 37.4 Å². The number of alkyl halides is 3. The van der Waals surface area contributed by atoms with Gasteiger partial charge in [0.15, 0.2) is 0 Å². The number of fused-ring (bicyclic) bond motifs is 1. The Balaban J connectivity index is 1.89. The quantitative estimate of drug-likeness (QED) is 0.314. The van der Waals surface area contributed by atoms with E-state index < -0.39 is 29.4 Å². The van der Waals surface area contributed by atoms with Crippen molar-refractivity contribution in [1.82, 2.24) is 0 Å². The lowest BCUT2D eigenvalue weighted by atomic mass is 9.91. The third-order valence-electron chi connectivity index (χ3n) is 4.68. The van der Waals surface area contributed by atoms with Crippen LogP contribution in [0.1, 0.15) is 27.0 Å². The van der Waals surface area contributed by atoms with Crippen molar-refractivity contribution in [2.24, 2.45) is 0 Å². The SMILES string of the molecule is O=C1/C(=C\c2cccc(F)c2)c2ccccc2C(=O)N1c1cccc(C(F)(F)F)c1. The van der Waals surface area contributed by atoms with E-state index in [9.17, 15) is 27.2 Å². The molecule has 0 radical (unpaired) electrons. The van der Waals surface area contributed by atoms with Gasteiger partial charge in [-0.2, -0.15) is 13.2 Å². The molecule has 3 aromatic rings. The van der Waals surface area contributed by atoms with Crippen molar-refractivity contribution < 1.29 is 27.2 Å². The number of hydrogen-bond acceptors (Lipinski definition) is 2. The minimum atomic E-state index is -4.63. The standard InChI is InChI=1S/C23H13F4NO2/c24-16-7-3-5-14(11-16)12-20-18-9-1-2-10-19(18)21(29)28(22(20)30)17-8-4-6-15(13-17)23(25,26)27/h1-13H/b20-12-. The van der Waals surface area contributed by atoms with Gasteiger partial charge in [-0.25, -0.2) is 9.29 Å². The third kappa shape index (κ3) is 3.50. The number of carbonyl (C=O) groups excluding carboxylic acids is 2. The van der Waals surface area contributed by atoms with Crippen LogP contribution in [-0.4, -0.2) is 11.8 Å². The van der Waals surface area contributed by atoms with Crippen molar-refractivity contribution >= 4 is 29.2 Å². The summed E-state index contributed by atoms with van der Waals surface area (Å²) in [4.78, 5) is 26.9. The van der Waals surface area contributed by atoms with Crippen molar-refractivity contribution in [3.8, 4) is 0 Å². The molecule has 1 heterocycles. The second-order valence-electron chi connectivity index (χ2n) is 6.65. The van der Waals surface area contributed by atoms with Crippen LogP contribution in [0.2, 0.25) is 0 Å². The Labute approximate surface area is 168 Å². The molecule has 0 spiro atoms. The van der Waals surface area contributed by atoms with Crippen LogP contribution in [-0.2, 0) is 11.0 Å². The van der Waals surface area contributed by atoms with Gasteiger partial charge in [0.1, 0.15) is 5.82 Å². The number of benzene rings is 3. The van der Waals surface area contributed by atoms with Crippen LogP contribution in [0.4, 0.5) is 23.2 Å². The molecule has 0 aliphatic carbocycles. The molecule has 0 aromatic heterocycles. The lowest BCUT2D eigenvalue weighted by Crippen LogP contribution is -2.41. The lowest BCUT2D eigenvalue weighted by molar-refractivity contribution is -0.137. The van der Waals surface area contributed by atoms with Crippen molar-refractivity contribution in [2.75, 3.05) is 4.90 Å². The van der Waals surface area contributed by atoms with Crippen molar-refractivity contribution in [1.29, 1.82) is 0 Å². The summed E-state index contributed by atoms with van der Waals surface area (Å²) in [7, 11) is 0. The van der Waals surface area contributed by atoms with E-state index in [2.05, 4.69) is 0 Å². The number of rotatable bonds is 2. The van der Waals surface area contributed by atoms with Crippen LogP contribution < -0.4 is 4.90 Å². The monoisotopic (exact) mass is 411 g/mol. The highest BCUT2D eigenvalue weighted by Gasteiger charge is 2.37. The van der Waals surface area contributed by atoms with E-state index >= 15 is 0 Å². The Hall–Kier alpha value is -3.74. The first-order chi connectivity index (χ1) is 14.3. The Morgan fingerprint density at radius 3 is 2.17 bits per heavy atom. The van der Waals surface area contributed by atoms with Gasteiger partial charge < -0.3 is 0 Å². The van der Waals surface area contributed by atoms with E-state index in [1.807, 2.05) is 0 Å². The fraction of sp³-hybridized carbons (Fsp3) is 0.0435. The van der Waals surface area contributed by atoms with E-state index in [1.54, 1.807) is 24.3 Å². The van der Waals surface area contributed by atoms with Gasteiger partial charge in [-0.1, -0.05) is 36.4 Å². The summed E-state index contributed by atoms with van der Waals surface area (Å²) in [6.45, 7) is 0. The predicted octanol–water partition coefficient (Wildman–Crippen LogP) is 5.57. The summed E-state index contributed by atoms with van der Waals surface area (Å²) >= 11 is 0. The maximum absolute atomic E-state index is 13.6. The van der Waals surface area contributed by atoms with Crippen LogP contribution in [0, 0.1) is 5.82 Å². The number of imide groups is 1. The number of carbonyl (C=O) groups is 2. The van der Waals surface area contributed by atoms with Crippen molar-refractivity contribution in [2.45, 2.75) is 6.18 Å². The predicted molar refractivity (Wildman–Crippen MR) is 104 cm³/mol. The van der Waals surface area contributed by atoms with E-state index in [4.69, 9.17) is 0 Å². The van der Waals surface area contributed by atoms with Crippen molar-refractivity contribution in [3.63, 3.8) is 0 Å². The van der Waals surface area contributed by atoms with Crippen LogP contribution in [0.3, 0.4) is 0 Å². The Morgan fingerprint density at radius 1 is 0.767 bits per heavy atom. The molecule has 2 amide bonds. The molecule has 0 atom stereocenters. The Bertz CT molecular complexity index is 1200. The van der Waals surface area contributed by atoms with Gasteiger partial charge in [-0.3, -0.25) is 9.59 Å². The number of anilines is 1. The average Bonchev–Trinajstić information content (AvgIpc) is 2.71. The first-order valence-corrected chi connectivity index (χ1v) is 8.88. The summed E-state index contributed by atoms with van der Waals surface area (Å²) in [5.74, 6) is -2.03. The molecule has 7 heteroatoms. The fourth-order valence-corrected chi connectivity index (χ4v) is 3.31. The molecule has 1 aliphatic heterocycles. The van der Waals surface area contributed by atoms with Gasteiger partial charge in [0, 0.05) is 11.1 Å². The number of amides is 2. The zero-order chi connectivity index (χ0) is 21.5. The highest BCUT2D eigenvalue weighted by molar-refractivity contribution is 6.43. The molecule has 0 saturated heterocycles. The molecule has 1 aliphatic rings. The normalized spacial score (nSPS) is 15.5. The van der Waals surface area contributed by atoms with Crippen LogP contribution in [0.25, 0.3) is 11.6 Å². The minimum absolute atomic E-state index is 0.0770. The van der Waals surface area contributed by atoms with Gasteiger partial charge in [0.25, 0.3) is 11.8 Å². The highest BCUT2D eigenvalue weighted by atomic mass is 19.4. The summed E-state index contributed by atoms with van der Waals surface area (Å²) in [6.07, 6.45) is -3.21. The number of halogens is 4. The van der Waals surface area contributed by atoms with Gasteiger partial charge in [0.2, 0.25) is 0 Å². The molecule has 150 valence electrons. The van der Waals surface area contributed by atoms with Crippen molar-refractivity contribution in [3.05, 3.63) is 101 Å². The molecule has 0 fully saturated rings. The maximum atomic E-state index is 13.6. The number of nitrogens with zero attached hydrogens (tertiary/aromatic N) is 1. The summed E-state index contributed by atoms with van der Waals surface area (Å²) in [5, 5.41) is 0. The maximum Gasteiger partial charge on any atom is 0.416 e. The van der Waals surface area contributed by atoms with Gasteiger partial charge in [0.05, 0.1) is 11.3 Å². The first kappa shape index (κ1) is 19.6. The van der Waals surface area contributed by atoms with Gasteiger partial charge in [-0.05, 0) is 53.6 Å². The van der Waals surface area contributed by atoms with Crippen LogP contribution in [0.5, 0.6) is 0 Å². The molecule has 3 nitrogen and oxygen atoms in total. The Morgan fingerprint density at radius 2 is 1.47 bits per heavy atom. The largest absolute Gasteiger partial charge is 0.416 e. The Kier molecular flexibility index (Phi) is 4.73. The molecule has 0 N–H and O–H groups in total. The first-order valence-electron chi connectivity index (χ1n) is 8.88. The van der Waals surface area contributed by atoms with Crippen LogP contribution in [0.15, 0.2) is 72.8 Å². The second-order valence-corrected chi connectivity index (χ2v) is 6.65. The van der Waals surface area contributed by atoms with E-state index in [0.29, 0.717) is 16.0 Å². The van der Waals surface area contributed by atoms with E-state index in [-0.39, 0.29) is 16.8 Å². The minimum Gasteiger partial charge on any atom is -0.268 e. The highest BCUT2D eigenvalue weighted by Crippen LogP contribution is 2.36. The number of hydrogen-bond donors (Lipinski definition) is 0. The van der Waals surface area contributed by atoms with Gasteiger partial charge >= 0.3 is 6.18 Å². The molecule has 0 saturated carbocycles. The molecule has 0 unspecified atom stereocenters. The van der Waals surface area contributed by atoms with Crippen LogP contribution >= 0.6 is 0 Å². The van der Waals surface area contributed by atoms with E-state index in [1.165, 1.54) is 36.4 Å². The zero-order valence-electron chi connectivity index (χ0n) is 15.3. The molecular formula is C23H13F4NO2. The molecule has 3 aromatic carbocycles. The zero-order valence-corrected chi connectivity index (χ0v) is 15.3. The summed E-state index contributed by atoms with van der Waals surface area (Å²) < 4.78 is 53.0. The smallest absolute Gasteiger partial charge is 0.268 e. The molecule has 0 bridgehead atoms. The molecule has 30 heavy (non-hydrogen) atoms. The molecular weight excluding hydrogens is 398 g/mol. The third-order valence-corrected chi connectivity index (χ3v) is 4.68. The summed E-state index contributed by atoms with van der Waals surface area (Å²) in [6, 6.07) is 15.8. The average molecular weight is 411 g/mol. The van der Waals surface area contributed by atoms with Gasteiger partial charge in [-0.15, -0.1) is 0 Å². The molecule has 4 rings (SSSR count).